The maximum Gasteiger partial charge on any atom is 0.227 e. The number of para-hydroxylation sites is 1. The second-order valence-electron chi connectivity index (χ2n) is 9.12. The van der Waals surface area contributed by atoms with Gasteiger partial charge in [0.05, 0.1) is 36.0 Å². The van der Waals surface area contributed by atoms with Gasteiger partial charge in [-0.25, -0.2) is 0 Å². The van der Waals surface area contributed by atoms with E-state index in [1.54, 1.807) is 18.2 Å². The van der Waals surface area contributed by atoms with Crippen molar-refractivity contribution in [1.29, 1.82) is 0 Å². The van der Waals surface area contributed by atoms with Gasteiger partial charge in [0.15, 0.2) is 17.3 Å². The van der Waals surface area contributed by atoms with Crippen molar-refractivity contribution in [2.24, 2.45) is 0 Å². The van der Waals surface area contributed by atoms with Crippen LogP contribution in [0.3, 0.4) is 0 Å². The van der Waals surface area contributed by atoms with E-state index in [1.807, 2.05) is 30.5 Å². The third kappa shape index (κ3) is 5.42. The molecule has 1 atom stereocenters. The summed E-state index contributed by atoms with van der Waals surface area (Å²) in [7, 11) is 3.16. The number of fused-ring (bicyclic) bond motifs is 1. The molecule has 0 saturated carbocycles. The van der Waals surface area contributed by atoms with E-state index < -0.39 is 8.07 Å². The van der Waals surface area contributed by atoms with Crippen LogP contribution in [-0.4, -0.2) is 46.8 Å². The summed E-state index contributed by atoms with van der Waals surface area (Å²) in [5, 5.41) is 1.02. The number of rotatable bonds is 10. The lowest BCUT2D eigenvalue weighted by atomic mass is 10.1. The summed E-state index contributed by atoms with van der Waals surface area (Å²) in [4.78, 5) is 16.9. The third-order valence-electron chi connectivity index (χ3n) is 6.03. The van der Waals surface area contributed by atoms with Gasteiger partial charge in [-0.2, -0.15) is 0 Å². The molecule has 0 aliphatic heterocycles. The molecule has 0 radical (unpaired) electrons. The van der Waals surface area contributed by atoms with Gasteiger partial charge in [0, 0.05) is 28.2 Å². The number of ketones is 1. The number of carbonyl (C=O) groups excluding carboxylic acids is 1. The van der Waals surface area contributed by atoms with Gasteiger partial charge in [0.25, 0.3) is 0 Å². The molecule has 1 heterocycles. The fourth-order valence-corrected chi connectivity index (χ4v) is 3.93. The fourth-order valence-electron chi connectivity index (χ4n) is 3.35. The van der Waals surface area contributed by atoms with Gasteiger partial charge in [-0.15, -0.1) is 0 Å². The van der Waals surface area contributed by atoms with Crippen LogP contribution in [0.15, 0.2) is 48.4 Å². The lowest BCUT2D eigenvalue weighted by molar-refractivity contribution is 0.0921. The monoisotopic (exact) mass is 467 g/mol. The Hall–Kier alpha value is -3.19. The van der Waals surface area contributed by atoms with Gasteiger partial charge < -0.3 is 23.9 Å². The van der Waals surface area contributed by atoms with Crippen LogP contribution < -0.4 is 14.2 Å². The van der Waals surface area contributed by atoms with Gasteiger partial charge in [0.1, 0.15) is 0 Å². The molecule has 3 aromatic rings. The number of carbonyl (C=O) groups is 1. The molecule has 6 nitrogen and oxygen atoms in total. The molecule has 1 aromatic heterocycles. The van der Waals surface area contributed by atoms with Crippen molar-refractivity contribution in [3.05, 3.63) is 59.5 Å². The minimum Gasteiger partial charge on any atom is -0.493 e. The Morgan fingerprint density at radius 3 is 2.24 bits per heavy atom. The van der Waals surface area contributed by atoms with Crippen LogP contribution in [0.1, 0.15) is 22.8 Å². The normalized spacial score (nSPS) is 13.0. The second kappa shape index (κ2) is 10.2. The molecule has 0 aliphatic rings. The van der Waals surface area contributed by atoms with Crippen LogP contribution in [0.25, 0.3) is 17.0 Å². The first-order chi connectivity index (χ1) is 15.7. The van der Waals surface area contributed by atoms with Crippen LogP contribution >= 0.6 is 0 Å². The highest BCUT2D eigenvalue weighted by atomic mass is 28.3. The molecule has 33 heavy (non-hydrogen) atoms. The maximum absolute atomic E-state index is 13.7. The summed E-state index contributed by atoms with van der Waals surface area (Å²) in [6.45, 7) is 9.54. The molecule has 1 unspecified atom stereocenters. The van der Waals surface area contributed by atoms with Crippen LogP contribution in [0.4, 0.5) is 0 Å². The van der Waals surface area contributed by atoms with Gasteiger partial charge in [-0.05, 0) is 29.8 Å². The Bertz CT molecular complexity index is 1130. The van der Waals surface area contributed by atoms with E-state index in [9.17, 15) is 4.79 Å². The van der Waals surface area contributed by atoms with E-state index in [-0.39, 0.29) is 11.5 Å². The molecule has 1 N–H and O–H groups in total. The van der Waals surface area contributed by atoms with Gasteiger partial charge in [-0.3, -0.25) is 4.79 Å². The summed E-state index contributed by atoms with van der Waals surface area (Å²) in [5.41, 5.74) is 2.66. The highest BCUT2D eigenvalue weighted by Gasteiger charge is 2.26. The number of nitrogens with one attached hydrogen (secondary N) is 1. The quantitative estimate of drug-likeness (QED) is 0.167. The van der Waals surface area contributed by atoms with Crippen LogP contribution in [-0.2, 0) is 4.74 Å². The first kappa shape index (κ1) is 24.4. The molecule has 176 valence electrons. The molecule has 0 saturated heterocycles. The van der Waals surface area contributed by atoms with Crippen molar-refractivity contribution in [1.82, 2.24) is 4.98 Å². The van der Waals surface area contributed by atoms with E-state index in [2.05, 4.69) is 31.5 Å². The molecular weight excluding hydrogens is 434 g/mol. The number of ether oxygens (including phenoxy) is 4. The van der Waals surface area contributed by atoms with E-state index in [4.69, 9.17) is 18.9 Å². The number of allylic oxidation sites excluding steroid dienone is 1. The largest absolute Gasteiger partial charge is 0.493 e. The number of H-pyrrole nitrogens is 1. The average molecular weight is 468 g/mol. The van der Waals surface area contributed by atoms with Crippen LogP contribution in [0, 0.1) is 0 Å². The van der Waals surface area contributed by atoms with Gasteiger partial charge >= 0.3 is 0 Å². The molecule has 0 bridgehead atoms. The van der Waals surface area contributed by atoms with E-state index in [0.29, 0.717) is 35.0 Å². The van der Waals surface area contributed by atoms with E-state index in [0.717, 1.165) is 16.5 Å². The van der Waals surface area contributed by atoms with Crippen molar-refractivity contribution in [2.45, 2.75) is 32.1 Å². The second-order valence-corrected chi connectivity index (χ2v) is 14.8. The Morgan fingerprint density at radius 1 is 1.03 bits per heavy atom. The molecule has 7 heteroatoms. The lowest BCUT2D eigenvalue weighted by Gasteiger charge is -2.25. The molecule has 0 spiro atoms. The van der Waals surface area contributed by atoms with Crippen molar-refractivity contribution in [2.75, 3.05) is 27.9 Å². The van der Waals surface area contributed by atoms with Crippen molar-refractivity contribution < 1.29 is 23.7 Å². The number of hydrogen-bond donors (Lipinski definition) is 1. The highest BCUT2D eigenvalue weighted by Crippen LogP contribution is 2.39. The van der Waals surface area contributed by atoms with E-state index in [1.165, 1.54) is 21.3 Å². The van der Waals surface area contributed by atoms with Gasteiger partial charge in [-0.1, -0.05) is 44.8 Å². The van der Waals surface area contributed by atoms with Crippen molar-refractivity contribution in [3.63, 3.8) is 0 Å². The SMILES string of the molecule is COc1cc(C(=O)C(=Cc2c[nH]c3ccccc23)OCC(C)[Si](C)(C)C)cc(OC)c1OC. The highest BCUT2D eigenvalue weighted by molar-refractivity contribution is 6.77. The van der Waals surface area contributed by atoms with E-state index >= 15 is 0 Å². The fraction of sp³-hybridized carbons (Fsp3) is 0.346. The Balaban J connectivity index is 2.06. The summed E-state index contributed by atoms with van der Waals surface area (Å²) >= 11 is 0. The maximum atomic E-state index is 13.7. The van der Waals surface area contributed by atoms with Gasteiger partial charge in [0.2, 0.25) is 11.5 Å². The average Bonchev–Trinajstić information content (AvgIpc) is 3.22. The lowest BCUT2D eigenvalue weighted by Crippen LogP contribution is -2.29. The summed E-state index contributed by atoms with van der Waals surface area (Å²) in [6, 6.07) is 11.3. The predicted molar refractivity (Wildman–Crippen MR) is 135 cm³/mol. The molecule has 2 aromatic carbocycles. The summed E-state index contributed by atoms with van der Waals surface area (Å²) < 4.78 is 22.5. The number of methoxy groups -OCH3 is 3. The Kier molecular flexibility index (Phi) is 7.53. The zero-order valence-electron chi connectivity index (χ0n) is 20.4. The summed E-state index contributed by atoms with van der Waals surface area (Å²) in [6.07, 6.45) is 3.69. The third-order valence-corrected chi connectivity index (χ3v) is 9.15. The zero-order chi connectivity index (χ0) is 24.2. The van der Waals surface area contributed by atoms with Crippen molar-refractivity contribution >= 4 is 30.8 Å². The Morgan fingerprint density at radius 2 is 1.67 bits per heavy atom. The summed E-state index contributed by atoms with van der Waals surface area (Å²) in [5.74, 6) is 1.30. The molecule has 0 aliphatic carbocycles. The number of aromatic nitrogens is 1. The minimum absolute atomic E-state index is 0.248. The molecule has 3 rings (SSSR count). The number of aromatic amines is 1. The molecular formula is C26H33NO5Si. The van der Waals surface area contributed by atoms with Crippen LogP contribution in [0.5, 0.6) is 17.2 Å². The number of benzene rings is 2. The number of hydrogen-bond acceptors (Lipinski definition) is 5. The molecule has 0 amide bonds. The minimum atomic E-state index is -1.43. The van der Waals surface area contributed by atoms with Crippen LogP contribution in [0.2, 0.25) is 25.2 Å². The smallest absolute Gasteiger partial charge is 0.227 e. The topological polar surface area (TPSA) is 69.8 Å². The zero-order valence-corrected chi connectivity index (χ0v) is 21.4. The Labute approximate surface area is 196 Å². The first-order valence-corrected chi connectivity index (χ1v) is 14.5. The van der Waals surface area contributed by atoms with Crippen molar-refractivity contribution in [3.8, 4) is 17.2 Å². The first-order valence-electron chi connectivity index (χ1n) is 10.9. The molecule has 0 fully saturated rings. The number of Topliss-reactive ketones (excluding diaryl/α,β-unsaturated/α-hetero) is 1. The predicted octanol–water partition coefficient (Wildman–Crippen LogP) is 6.16. The standard InChI is InChI=1S/C26H33NO5Si/c1-17(33(5,6)7)16-32-22(14-19-15-27-21-11-9-8-10-20(19)21)25(28)18-12-23(29-2)26(31-4)24(13-18)30-3/h8-15,17,27H,16H2,1-7H3.